The molecule has 2 fully saturated rings. The molecule has 3 aliphatic rings. The van der Waals surface area contributed by atoms with E-state index in [0.717, 1.165) is 5.57 Å². The van der Waals surface area contributed by atoms with Crippen molar-refractivity contribution >= 4 is 40.5 Å². The number of thiophene rings is 1. The number of halogens is 4. The Morgan fingerprint density at radius 2 is 1.96 bits per heavy atom. The Kier molecular flexibility index (Phi) is 8.72. The fraction of sp³-hybridized carbons (Fsp3) is 0.433. The van der Waals surface area contributed by atoms with Gasteiger partial charge in [0, 0.05) is 57.7 Å². The van der Waals surface area contributed by atoms with Crippen LogP contribution in [0.5, 0.6) is 5.88 Å². The Hall–Kier alpha value is -4.47. The lowest BCUT2D eigenvalue weighted by Crippen LogP contribution is -2.40. The van der Waals surface area contributed by atoms with Crippen molar-refractivity contribution in [2.45, 2.75) is 43.8 Å². The van der Waals surface area contributed by atoms with E-state index in [1.807, 2.05) is 6.08 Å². The number of aromatic nitrogens is 3. The van der Waals surface area contributed by atoms with Crippen LogP contribution in [-0.4, -0.2) is 94.9 Å². The summed E-state index contributed by atoms with van der Waals surface area (Å²) in [4.78, 5) is 42.1. The van der Waals surface area contributed by atoms with Crippen LogP contribution in [0.4, 0.5) is 33.9 Å². The van der Waals surface area contributed by atoms with Gasteiger partial charge in [-0.25, -0.2) is 42.1 Å². The Labute approximate surface area is 265 Å². The largest absolute Gasteiger partial charge is 0.480 e. The van der Waals surface area contributed by atoms with Crippen molar-refractivity contribution in [3.8, 4) is 16.5 Å². The summed E-state index contributed by atoms with van der Waals surface area (Å²) in [5, 5.41) is 11.9. The van der Waals surface area contributed by atoms with E-state index in [9.17, 15) is 32.3 Å². The Morgan fingerprint density at radius 1 is 1.17 bits per heavy atom. The van der Waals surface area contributed by atoms with E-state index in [1.54, 1.807) is 34.7 Å². The topological polar surface area (TPSA) is 121 Å². The third-order valence-electron chi connectivity index (χ3n) is 8.21. The molecular formula is C30H30F4N6O5S. The number of aliphatic carboxylic acids is 1. The minimum absolute atomic E-state index is 0.0132. The molecule has 0 radical (unpaired) electrons. The SMILES string of the molecule is COC(=O)N1CC=C(c2cnc(O[C@H]3C[C@@H](C(=O)O)N(c4cc(-c5cccs5)nc(C(F)F)n4)C3)c(N3CCC(F)(F)CC3)c2)C1. The number of carbonyl (C=O) groups is 2. The molecule has 2 atom stereocenters. The van der Waals surface area contributed by atoms with Crippen LogP contribution >= 0.6 is 11.3 Å². The molecule has 1 amide bonds. The molecule has 244 valence electrons. The van der Waals surface area contributed by atoms with Crippen molar-refractivity contribution in [1.29, 1.82) is 0 Å². The molecule has 0 bridgehead atoms. The maximum Gasteiger partial charge on any atom is 0.410 e. The molecule has 1 N–H and O–H groups in total. The molecule has 3 aromatic heterocycles. The number of hydrogen-bond acceptors (Lipinski definition) is 10. The van der Waals surface area contributed by atoms with Crippen molar-refractivity contribution in [3.05, 3.63) is 53.3 Å². The lowest BCUT2D eigenvalue weighted by molar-refractivity contribution is -0.138. The smallest absolute Gasteiger partial charge is 0.410 e. The maximum atomic E-state index is 14.1. The van der Waals surface area contributed by atoms with Gasteiger partial charge in [-0.2, -0.15) is 0 Å². The molecule has 0 spiro atoms. The van der Waals surface area contributed by atoms with Crippen LogP contribution in [0.3, 0.4) is 0 Å². The highest BCUT2D eigenvalue weighted by Crippen LogP contribution is 2.38. The van der Waals surface area contributed by atoms with Crippen molar-refractivity contribution in [1.82, 2.24) is 19.9 Å². The number of hydrogen-bond donors (Lipinski definition) is 1. The number of carboxylic acids is 1. The van der Waals surface area contributed by atoms with E-state index in [-0.39, 0.29) is 62.8 Å². The monoisotopic (exact) mass is 662 g/mol. The summed E-state index contributed by atoms with van der Waals surface area (Å²) in [6.07, 6.45) is -1.54. The van der Waals surface area contributed by atoms with Crippen LogP contribution in [0.2, 0.25) is 0 Å². The number of piperidine rings is 1. The average molecular weight is 663 g/mol. The van der Waals surface area contributed by atoms with Crippen LogP contribution in [0.15, 0.2) is 41.9 Å². The van der Waals surface area contributed by atoms with Gasteiger partial charge in [0.1, 0.15) is 23.7 Å². The van der Waals surface area contributed by atoms with Crippen LogP contribution in [0.25, 0.3) is 16.1 Å². The molecule has 0 aromatic carbocycles. The molecule has 2 saturated heterocycles. The van der Waals surface area contributed by atoms with Gasteiger partial charge in [-0.05, 0) is 28.6 Å². The summed E-state index contributed by atoms with van der Waals surface area (Å²) >= 11 is 1.30. The van der Waals surface area contributed by atoms with Gasteiger partial charge in [-0.3, -0.25) is 0 Å². The number of amides is 1. The number of methoxy groups -OCH3 is 1. The molecule has 46 heavy (non-hydrogen) atoms. The summed E-state index contributed by atoms with van der Waals surface area (Å²) in [5.74, 6) is -4.55. The number of carbonyl (C=O) groups excluding carboxylic acids is 1. The highest BCUT2D eigenvalue weighted by Gasteiger charge is 2.41. The van der Waals surface area contributed by atoms with E-state index >= 15 is 0 Å². The van der Waals surface area contributed by atoms with E-state index in [4.69, 9.17) is 9.47 Å². The maximum absolute atomic E-state index is 14.1. The van der Waals surface area contributed by atoms with E-state index in [0.29, 0.717) is 22.7 Å². The summed E-state index contributed by atoms with van der Waals surface area (Å²) in [5.41, 5.74) is 2.17. The highest BCUT2D eigenvalue weighted by molar-refractivity contribution is 7.13. The standard InChI is InChI=1S/C30H30F4N6O5S/c1-44-29(43)39-7-4-17(15-39)18-11-21(38-8-5-30(33,34)6-9-38)27(35-14-18)45-19-12-22(28(41)42)40(16-19)24-13-20(23-3-2-10-46-23)36-26(37-24)25(31)32/h2-4,10-11,13-14,19,22,25H,5-9,12,15-16H2,1H3,(H,41,42)/t19-,22-/m0/s1. The molecule has 0 unspecified atom stereocenters. The number of ether oxygens (including phenoxy) is 2. The van der Waals surface area contributed by atoms with Crippen LogP contribution in [0.1, 0.15) is 37.1 Å². The summed E-state index contributed by atoms with van der Waals surface area (Å²) in [7, 11) is 1.29. The zero-order valence-electron chi connectivity index (χ0n) is 24.6. The van der Waals surface area contributed by atoms with Crippen molar-refractivity contribution in [3.63, 3.8) is 0 Å². The first kappa shape index (κ1) is 31.5. The van der Waals surface area contributed by atoms with Gasteiger partial charge < -0.3 is 29.3 Å². The Balaban J connectivity index is 1.29. The first-order chi connectivity index (χ1) is 22.0. The lowest BCUT2D eigenvalue weighted by Gasteiger charge is -2.34. The normalized spacial score (nSPS) is 21.1. The molecule has 0 aliphatic carbocycles. The first-order valence-corrected chi connectivity index (χ1v) is 15.4. The quantitative estimate of drug-likeness (QED) is 0.316. The molecular weight excluding hydrogens is 632 g/mol. The molecule has 3 aliphatic heterocycles. The molecule has 6 rings (SSSR count). The van der Waals surface area contributed by atoms with Gasteiger partial charge in [0.15, 0.2) is 5.82 Å². The van der Waals surface area contributed by atoms with Crippen LogP contribution in [-0.2, 0) is 9.53 Å². The third-order valence-corrected chi connectivity index (χ3v) is 9.10. The second kappa shape index (κ2) is 12.7. The predicted molar refractivity (Wildman–Crippen MR) is 161 cm³/mol. The van der Waals surface area contributed by atoms with Gasteiger partial charge in [0.25, 0.3) is 12.3 Å². The van der Waals surface area contributed by atoms with E-state index in [1.165, 1.54) is 34.3 Å². The van der Waals surface area contributed by atoms with Crippen LogP contribution in [0, 0.1) is 0 Å². The van der Waals surface area contributed by atoms with E-state index < -0.39 is 42.4 Å². The Bertz CT molecular complexity index is 1630. The Morgan fingerprint density at radius 3 is 2.63 bits per heavy atom. The first-order valence-electron chi connectivity index (χ1n) is 14.5. The minimum atomic E-state index is -2.98. The number of alkyl halides is 4. The molecule has 6 heterocycles. The third kappa shape index (κ3) is 6.57. The van der Waals surface area contributed by atoms with E-state index in [2.05, 4.69) is 15.0 Å². The van der Waals surface area contributed by atoms with Gasteiger partial charge in [-0.15, -0.1) is 11.3 Å². The fourth-order valence-electron chi connectivity index (χ4n) is 5.82. The second-order valence-electron chi connectivity index (χ2n) is 11.2. The number of anilines is 2. The minimum Gasteiger partial charge on any atom is -0.480 e. The predicted octanol–water partition coefficient (Wildman–Crippen LogP) is 5.35. The lowest BCUT2D eigenvalue weighted by atomic mass is 10.0. The number of pyridine rings is 1. The summed E-state index contributed by atoms with van der Waals surface area (Å²) < 4.78 is 66.8. The number of nitrogens with zero attached hydrogens (tertiary/aromatic N) is 6. The summed E-state index contributed by atoms with van der Waals surface area (Å²) in [6.45, 7) is 0.681. The molecule has 11 nitrogen and oxygen atoms in total. The van der Waals surface area contributed by atoms with Gasteiger partial charge in [0.2, 0.25) is 5.88 Å². The second-order valence-corrected chi connectivity index (χ2v) is 12.1. The van der Waals surface area contributed by atoms with Gasteiger partial charge in [-0.1, -0.05) is 12.1 Å². The highest BCUT2D eigenvalue weighted by atomic mass is 32.1. The van der Waals surface area contributed by atoms with Crippen LogP contribution < -0.4 is 14.5 Å². The van der Waals surface area contributed by atoms with Gasteiger partial charge >= 0.3 is 12.1 Å². The zero-order chi connectivity index (χ0) is 32.6. The molecule has 3 aromatic rings. The fourth-order valence-corrected chi connectivity index (χ4v) is 6.50. The van der Waals surface area contributed by atoms with Crippen molar-refractivity contribution < 1.29 is 41.7 Å². The zero-order valence-corrected chi connectivity index (χ0v) is 25.4. The van der Waals surface area contributed by atoms with Crippen molar-refractivity contribution in [2.24, 2.45) is 0 Å². The number of carboxylic acid groups (broad SMARTS) is 1. The summed E-state index contributed by atoms with van der Waals surface area (Å²) in [6, 6.07) is 5.58. The average Bonchev–Trinajstić information content (AvgIpc) is 3.82. The molecule has 0 saturated carbocycles. The molecule has 16 heteroatoms. The van der Waals surface area contributed by atoms with Gasteiger partial charge in [0.05, 0.1) is 24.2 Å². The number of rotatable bonds is 8. The van der Waals surface area contributed by atoms with Crippen molar-refractivity contribution in [2.75, 3.05) is 49.6 Å².